The van der Waals surface area contributed by atoms with Gasteiger partial charge in [-0.3, -0.25) is 4.79 Å². The molecule has 1 fully saturated rings. The van der Waals surface area contributed by atoms with E-state index in [0.717, 1.165) is 24.3 Å². The van der Waals surface area contributed by atoms with Crippen LogP contribution in [0.1, 0.15) is 29.0 Å². The standard InChI is InChI=1S/C15H16N2O2/c18-15(17-13-7-8-13)11-3-5-12(6-4-11)16-10-14-2-1-9-19-14/h1-6,9,13,16H,7-8,10H2,(H,17,18). The fourth-order valence-corrected chi connectivity index (χ4v) is 1.84. The molecule has 98 valence electrons. The normalized spacial score (nSPS) is 14.1. The third-order valence-corrected chi connectivity index (χ3v) is 3.11. The van der Waals surface area contributed by atoms with Crippen LogP contribution < -0.4 is 10.6 Å². The van der Waals surface area contributed by atoms with Crippen molar-refractivity contribution in [2.75, 3.05) is 5.32 Å². The first kappa shape index (κ1) is 11.8. The van der Waals surface area contributed by atoms with E-state index in [4.69, 9.17) is 4.42 Å². The summed E-state index contributed by atoms with van der Waals surface area (Å²) in [5, 5.41) is 6.21. The Morgan fingerprint density at radius 2 is 2.00 bits per heavy atom. The van der Waals surface area contributed by atoms with Crippen LogP contribution in [0.25, 0.3) is 0 Å². The van der Waals surface area contributed by atoms with E-state index in [-0.39, 0.29) is 5.91 Å². The van der Waals surface area contributed by atoms with Crippen LogP contribution in [0.4, 0.5) is 5.69 Å². The topological polar surface area (TPSA) is 54.3 Å². The maximum atomic E-state index is 11.8. The van der Waals surface area contributed by atoms with E-state index in [0.29, 0.717) is 18.2 Å². The molecule has 1 aliphatic carbocycles. The number of anilines is 1. The summed E-state index contributed by atoms with van der Waals surface area (Å²) in [4.78, 5) is 11.8. The molecule has 0 bridgehead atoms. The molecule has 0 spiro atoms. The Morgan fingerprint density at radius 1 is 1.21 bits per heavy atom. The number of nitrogens with one attached hydrogen (secondary N) is 2. The predicted octanol–water partition coefficient (Wildman–Crippen LogP) is 2.78. The van der Waals surface area contributed by atoms with Crippen molar-refractivity contribution in [3.63, 3.8) is 0 Å². The second-order valence-corrected chi connectivity index (χ2v) is 4.76. The van der Waals surface area contributed by atoms with Gasteiger partial charge in [0, 0.05) is 17.3 Å². The Balaban J connectivity index is 1.57. The minimum absolute atomic E-state index is 0.0140. The fraction of sp³-hybridized carbons (Fsp3) is 0.267. The van der Waals surface area contributed by atoms with Crippen molar-refractivity contribution in [3.8, 4) is 0 Å². The van der Waals surface area contributed by atoms with Gasteiger partial charge in [0.2, 0.25) is 0 Å². The molecule has 0 aliphatic heterocycles. The Morgan fingerprint density at radius 3 is 2.63 bits per heavy atom. The van der Waals surface area contributed by atoms with Gasteiger partial charge in [-0.05, 0) is 49.2 Å². The summed E-state index contributed by atoms with van der Waals surface area (Å²) in [6, 6.07) is 11.7. The van der Waals surface area contributed by atoms with Crippen LogP contribution in [0.15, 0.2) is 47.1 Å². The molecule has 0 unspecified atom stereocenters. The Kier molecular flexibility index (Phi) is 3.23. The van der Waals surface area contributed by atoms with Gasteiger partial charge in [0.15, 0.2) is 0 Å². The van der Waals surface area contributed by atoms with Gasteiger partial charge in [-0.15, -0.1) is 0 Å². The van der Waals surface area contributed by atoms with Crippen LogP contribution >= 0.6 is 0 Å². The molecule has 1 saturated carbocycles. The van der Waals surface area contributed by atoms with E-state index in [2.05, 4.69) is 10.6 Å². The predicted molar refractivity (Wildman–Crippen MR) is 73.0 cm³/mol. The molecule has 2 N–H and O–H groups in total. The van der Waals surface area contributed by atoms with Crippen LogP contribution in [0.3, 0.4) is 0 Å². The highest BCUT2D eigenvalue weighted by atomic mass is 16.3. The summed E-state index contributed by atoms with van der Waals surface area (Å²) < 4.78 is 5.24. The number of rotatable bonds is 5. The van der Waals surface area contributed by atoms with E-state index in [9.17, 15) is 4.79 Å². The van der Waals surface area contributed by atoms with Crippen LogP contribution in [0.5, 0.6) is 0 Å². The Bertz CT molecular complexity index is 542. The van der Waals surface area contributed by atoms with Crippen molar-refractivity contribution < 1.29 is 9.21 Å². The maximum absolute atomic E-state index is 11.8. The molecule has 1 aromatic carbocycles. The molecule has 0 radical (unpaired) electrons. The van der Waals surface area contributed by atoms with E-state index in [1.807, 2.05) is 36.4 Å². The zero-order chi connectivity index (χ0) is 13.1. The fourth-order valence-electron chi connectivity index (χ4n) is 1.84. The van der Waals surface area contributed by atoms with Crippen molar-refractivity contribution in [1.29, 1.82) is 0 Å². The molecule has 1 aromatic heterocycles. The minimum Gasteiger partial charge on any atom is -0.467 e. The zero-order valence-electron chi connectivity index (χ0n) is 10.6. The molecule has 19 heavy (non-hydrogen) atoms. The highest BCUT2D eigenvalue weighted by Crippen LogP contribution is 2.19. The first-order chi connectivity index (χ1) is 9.31. The molecule has 0 saturated heterocycles. The summed E-state index contributed by atoms with van der Waals surface area (Å²) in [5.74, 6) is 0.899. The quantitative estimate of drug-likeness (QED) is 0.865. The summed E-state index contributed by atoms with van der Waals surface area (Å²) >= 11 is 0. The van der Waals surface area contributed by atoms with Crippen molar-refractivity contribution in [2.24, 2.45) is 0 Å². The van der Waals surface area contributed by atoms with Crippen molar-refractivity contribution in [2.45, 2.75) is 25.4 Å². The number of benzene rings is 1. The van der Waals surface area contributed by atoms with Crippen LogP contribution in [0.2, 0.25) is 0 Å². The number of carbonyl (C=O) groups excluding carboxylic acids is 1. The maximum Gasteiger partial charge on any atom is 0.251 e. The van der Waals surface area contributed by atoms with Gasteiger partial charge in [-0.1, -0.05) is 0 Å². The summed E-state index contributed by atoms with van der Waals surface area (Å²) in [6.45, 7) is 0.640. The average molecular weight is 256 g/mol. The monoisotopic (exact) mass is 256 g/mol. The van der Waals surface area contributed by atoms with Crippen molar-refractivity contribution in [3.05, 3.63) is 54.0 Å². The van der Waals surface area contributed by atoms with Crippen molar-refractivity contribution >= 4 is 11.6 Å². The Hall–Kier alpha value is -2.23. The summed E-state index contributed by atoms with van der Waals surface area (Å²) in [7, 11) is 0. The van der Waals surface area contributed by atoms with Crippen LogP contribution in [-0.2, 0) is 6.54 Å². The number of carbonyl (C=O) groups is 1. The first-order valence-electron chi connectivity index (χ1n) is 6.48. The number of furan rings is 1. The lowest BCUT2D eigenvalue weighted by Crippen LogP contribution is -2.25. The highest BCUT2D eigenvalue weighted by Gasteiger charge is 2.23. The van der Waals surface area contributed by atoms with Crippen LogP contribution in [-0.4, -0.2) is 11.9 Å². The molecule has 2 aromatic rings. The van der Waals surface area contributed by atoms with E-state index in [1.54, 1.807) is 6.26 Å². The Labute approximate surface area is 111 Å². The molecule has 4 heteroatoms. The molecule has 1 amide bonds. The van der Waals surface area contributed by atoms with E-state index >= 15 is 0 Å². The van der Waals surface area contributed by atoms with Gasteiger partial charge in [0.1, 0.15) is 5.76 Å². The molecular formula is C15H16N2O2. The lowest BCUT2D eigenvalue weighted by atomic mass is 10.2. The first-order valence-corrected chi connectivity index (χ1v) is 6.48. The second kappa shape index (κ2) is 5.18. The minimum atomic E-state index is 0.0140. The SMILES string of the molecule is O=C(NC1CC1)c1ccc(NCc2ccco2)cc1. The average Bonchev–Trinajstić information content (AvgIpc) is 3.09. The molecule has 3 rings (SSSR count). The van der Waals surface area contributed by atoms with Gasteiger partial charge >= 0.3 is 0 Å². The van der Waals surface area contributed by atoms with E-state index in [1.165, 1.54) is 0 Å². The van der Waals surface area contributed by atoms with E-state index < -0.39 is 0 Å². The van der Waals surface area contributed by atoms with Crippen molar-refractivity contribution in [1.82, 2.24) is 5.32 Å². The lowest BCUT2D eigenvalue weighted by molar-refractivity contribution is 0.0951. The lowest BCUT2D eigenvalue weighted by Gasteiger charge is -2.06. The largest absolute Gasteiger partial charge is 0.467 e. The molecular weight excluding hydrogens is 240 g/mol. The third-order valence-electron chi connectivity index (χ3n) is 3.11. The van der Waals surface area contributed by atoms with Gasteiger partial charge in [0.05, 0.1) is 12.8 Å². The molecule has 0 atom stereocenters. The van der Waals surface area contributed by atoms with Gasteiger partial charge in [0.25, 0.3) is 5.91 Å². The van der Waals surface area contributed by atoms with Gasteiger partial charge in [-0.25, -0.2) is 0 Å². The summed E-state index contributed by atoms with van der Waals surface area (Å²) in [5.41, 5.74) is 1.68. The van der Waals surface area contributed by atoms with Crippen LogP contribution in [0, 0.1) is 0 Å². The number of hydrogen-bond acceptors (Lipinski definition) is 3. The third kappa shape index (κ3) is 3.16. The molecule has 4 nitrogen and oxygen atoms in total. The molecule has 1 aliphatic rings. The van der Waals surface area contributed by atoms with Gasteiger partial charge < -0.3 is 15.1 Å². The second-order valence-electron chi connectivity index (χ2n) is 4.76. The highest BCUT2D eigenvalue weighted by molar-refractivity contribution is 5.94. The number of hydrogen-bond donors (Lipinski definition) is 2. The summed E-state index contributed by atoms with van der Waals surface area (Å²) in [6.07, 6.45) is 3.87. The zero-order valence-corrected chi connectivity index (χ0v) is 10.6. The smallest absolute Gasteiger partial charge is 0.251 e. The number of amides is 1. The van der Waals surface area contributed by atoms with Gasteiger partial charge in [-0.2, -0.15) is 0 Å². The molecule has 1 heterocycles.